The van der Waals surface area contributed by atoms with Crippen LogP contribution < -0.4 is 11.2 Å². The first kappa shape index (κ1) is 26.8. The summed E-state index contributed by atoms with van der Waals surface area (Å²) >= 11 is 11.9. The maximum Gasteiger partial charge on any atom is 0.328 e. The van der Waals surface area contributed by atoms with Gasteiger partial charge in [0.05, 0.1) is 0 Å². The standard InChI is InChI=1S/C23H28Cl2FN3O4/c24-10-7-17-2-1-8-23(13-17,9-11-25)14-20(22(32)33)29(27)21(31)19(28-15-30)12-16-3-5-18(26)6-4-16/h1-6,8,15,19-20H,7,9-14,27H2,(H,28,30)(H,32,33)/t19-,20-,23?/m0/s1. The van der Waals surface area contributed by atoms with Crippen LogP contribution in [0.2, 0.25) is 0 Å². The van der Waals surface area contributed by atoms with Gasteiger partial charge < -0.3 is 10.4 Å². The molecule has 0 saturated heterocycles. The lowest BCUT2D eigenvalue weighted by molar-refractivity contribution is -0.153. The van der Waals surface area contributed by atoms with Crippen LogP contribution in [0.4, 0.5) is 4.39 Å². The van der Waals surface area contributed by atoms with E-state index in [4.69, 9.17) is 29.0 Å². The van der Waals surface area contributed by atoms with Crippen LogP contribution in [0.5, 0.6) is 0 Å². The Morgan fingerprint density at radius 1 is 1.27 bits per heavy atom. The van der Waals surface area contributed by atoms with E-state index in [0.717, 1.165) is 5.57 Å². The minimum absolute atomic E-state index is 0.0211. The van der Waals surface area contributed by atoms with Gasteiger partial charge in [-0.15, -0.1) is 23.2 Å². The van der Waals surface area contributed by atoms with Crippen LogP contribution in [0.15, 0.2) is 48.1 Å². The number of hydrazine groups is 1. The molecule has 2 rings (SSSR count). The number of benzene rings is 1. The summed E-state index contributed by atoms with van der Waals surface area (Å²) in [5.41, 5.74) is 1.03. The molecular formula is C23H28Cl2FN3O4. The molecule has 1 unspecified atom stereocenters. The summed E-state index contributed by atoms with van der Waals surface area (Å²) in [5.74, 6) is 4.28. The van der Waals surface area contributed by atoms with Crippen LogP contribution in [0.3, 0.4) is 0 Å². The topological polar surface area (TPSA) is 113 Å². The smallest absolute Gasteiger partial charge is 0.328 e. The summed E-state index contributed by atoms with van der Waals surface area (Å²) < 4.78 is 13.2. The van der Waals surface area contributed by atoms with Gasteiger partial charge in [0.1, 0.15) is 17.9 Å². The molecule has 3 atom stereocenters. The molecule has 1 aliphatic carbocycles. The molecule has 33 heavy (non-hydrogen) atoms. The quantitative estimate of drug-likeness (QED) is 0.127. The zero-order chi connectivity index (χ0) is 24.4. The Hall–Kier alpha value is -2.42. The number of nitrogens with zero attached hydrogens (tertiary/aromatic N) is 1. The van der Waals surface area contributed by atoms with Crippen molar-refractivity contribution in [3.8, 4) is 0 Å². The fourth-order valence-corrected chi connectivity index (χ4v) is 4.65. The number of carbonyl (C=O) groups excluding carboxylic acids is 2. The number of carboxylic acid groups (broad SMARTS) is 1. The first-order chi connectivity index (χ1) is 15.7. The van der Waals surface area contributed by atoms with Crippen molar-refractivity contribution in [2.45, 2.75) is 44.2 Å². The van der Waals surface area contributed by atoms with E-state index in [-0.39, 0.29) is 12.8 Å². The number of halogens is 3. The van der Waals surface area contributed by atoms with E-state index in [1.54, 1.807) is 0 Å². The summed E-state index contributed by atoms with van der Waals surface area (Å²) in [6.45, 7) is 0. The molecule has 1 aliphatic rings. The lowest BCUT2D eigenvalue weighted by Crippen LogP contribution is -2.57. The van der Waals surface area contributed by atoms with E-state index in [1.807, 2.05) is 18.2 Å². The molecule has 0 radical (unpaired) electrons. The van der Waals surface area contributed by atoms with Crippen molar-refractivity contribution in [2.75, 3.05) is 11.8 Å². The summed E-state index contributed by atoms with van der Waals surface area (Å²) in [6, 6.07) is 2.95. The van der Waals surface area contributed by atoms with E-state index >= 15 is 0 Å². The zero-order valence-corrected chi connectivity index (χ0v) is 19.6. The predicted molar refractivity (Wildman–Crippen MR) is 125 cm³/mol. The molecule has 0 saturated carbocycles. The molecule has 1 aromatic rings. The van der Waals surface area contributed by atoms with Crippen molar-refractivity contribution in [1.29, 1.82) is 0 Å². The molecular weight excluding hydrogens is 472 g/mol. The molecule has 2 amide bonds. The second-order valence-corrected chi connectivity index (χ2v) is 8.83. The number of carboxylic acids is 1. The third-order valence-electron chi connectivity index (χ3n) is 5.76. The Labute approximate surface area is 202 Å². The van der Waals surface area contributed by atoms with Gasteiger partial charge in [0.15, 0.2) is 0 Å². The van der Waals surface area contributed by atoms with Crippen molar-refractivity contribution in [3.05, 3.63) is 59.4 Å². The van der Waals surface area contributed by atoms with Crippen LogP contribution in [0, 0.1) is 11.2 Å². The van der Waals surface area contributed by atoms with Gasteiger partial charge in [-0.3, -0.25) is 14.6 Å². The highest BCUT2D eigenvalue weighted by Crippen LogP contribution is 2.41. The lowest BCUT2D eigenvalue weighted by Gasteiger charge is -2.38. The maximum atomic E-state index is 13.2. The van der Waals surface area contributed by atoms with Gasteiger partial charge in [0.2, 0.25) is 6.41 Å². The average Bonchev–Trinajstić information content (AvgIpc) is 2.78. The van der Waals surface area contributed by atoms with E-state index in [0.29, 0.717) is 48.0 Å². The first-order valence-electron chi connectivity index (χ1n) is 10.5. The number of hydrogen-bond donors (Lipinski definition) is 3. The molecule has 0 spiro atoms. The van der Waals surface area contributed by atoms with Gasteiger partial charge in [-0.2, -0.15) is 0 Å². The zero-order valence-electron chi connectivity index (χ0n) is 18.1. The largest absolute Gasteiger partial charge is 0.480 e. The first-order valence-corrected chi connectivity index (χ1v) is 11.6. The summed E-state index contributed by atoms with van der Waals surface area (Å²) in [6.07, 6.45) is 7.81. The molecule has 180 valence electrons. The monoisotopic (exact) mass is 499 g/mol. The second-order valence-electron chi connectivity index (χ2n) is 8.07. The SMILES string of the molecule is NN(C(=O)[C@H](Cc1ccc(F)cc1)NC=O)[C@@H](CC1(CCCl)C=CC=C(CCCl)C1)C(=O)O. The minimum atomic E-state index is -1.36. The molecule has 10 heteroatoms. The van der Waals surface area contributed by atoms with Gasteiger partial charge in [0.25, 0.3) is 5.91 Å². The Bertz CT molecular complexity index is 894. The third kappa shape index (κ3) is 7.55. The van der Waals surface area contributed by atoms with Crippen LogP contribution >= 0.6 is 23.2 Å². The third-order valence-corrected chi connectivity index (χ3v) is 6.14. The number of allylic oxidation sites excluding steroid dienone is 4. The van der Waals surface area contributed by atoms with Crippen molar-refractivity contribution in [1.82, 2.24) is 10.3 Å². The number of alkyl halides is 2. The number of rotatable bonds is 13. The Kier molecular flexibility index (Phi) is 10.3. The van der Waals surface area contributed by atoms with E-state index in [1.165, 1.54) is 24.3 Å². The van der Waals surface area contributed by atoms with Gasteiger partial charge in [-0.05, 0) is 48.8 Å². The molecule has 0 heterocycles. The number of nitrogens with two attached hydrogens (primary N) is 1. The van der Waals surface area contributed by atoms with Crippen molar-refractivity contribution in [3.63, 3.8) is 0 Å². The lowest BCUT2D eigenvalue weighted by atomic mass is 9.71. The second kappa shape index (κ2) is 12.7. The van der Waals surface area contributed by atoms with Gasteiger partial charge in [-0.25, -0.2) is 15.0 Å². The predicted octanol–water partition coefficient (Wildman–Crippen LogP) is 3.16. The molecule has 0 aromatic heterocycles. The average molecular weight is 500 g/mol. The van der Waals surface area contributed by atoms with Crippen molar-refractivity contribution in [2.24, 2.45) is 11.3 Å². The summed E-state index contributed by atoms with van der Waals surface area (Å²) in [4.78, 5) is 36.3. The van der Waals surface area contributed by atoms with Gasteiger partial charge in [-0.1, -0.05) is 35.9 Å². The minimum Gasteiger partial charge on any atom is -0.480 e. The highest BCUT2D eigenvalue weighted by atomic mass is 35.5. The molecule has 1 aromatic carbocycles. The number of nitrogens with one attached hydrogen (secondary N) is 1. The Morgan fingerprint density at radius 3 is 2.55 bits per heavy atom. The fourth-order valence-electron chi connectivity index (χ4n) is 4.03. The van der Waals surface area contributed by atoms with Crippen LogP contribution in [-0.4, -0.2) is 52.2 Å². The van der Waals surface area contributed by atoms with Crippen molar-refractivity contribution < 1.29 is 23.9 Å². The van der Waals surface area contributed by atoms with E-state index < -0.39 is 35.2 Å². The molecule has 4 N–H and O–H groups in total. The number of amides is 2. The highest BCUT2D eigenvalue weighted by Gasteiger charge is 2.40. The normalized spacial score (nSPS) is 19.3. The number of carbonyl (C=O) groups is 3. The van der Waals surface area contributed by atoms with Crippen LogP contribution in [0.1, 0.15) is 31.2 Å². The molecule has 7 nitrogen and oxygen atoms in total. The number of hydrogen-bond acceptors (Lipinski definition) is 4. The molecule has 0 bridgehead atoms. The summed E-state index contributed by atoms with van der Waals surface area (Å²) in [7, 11) is 0. The van der Waals surface area contributed by atoms with Crippen molar-refractivity contribution >= 4 is 41.5 Å². The van der Waals surface area contributed by atoms with E-state index in [2.05, 4.69) is 5.32 Å². The van der Waals surface area contributed by atoms with Crippen LogP contribution in [0.25, 0.3) is 0 Å². The van der Waals surface area contributed by atoms with Crippen LogP contribution in [-0.2, 0) is 20.8 Å². The Morgan fingerprint density at radius 2 is 1.97 bits per heavy atom. The Balaban J connectivity index is 2.24. The highest BCUT2D eigenvalue weighted by molar-refractivity contribution is 6.18. The number of aliphatic carboxylic acids is 1. The molecule has 0 aliphatic heterocycles. The van der Waals surface area contributed by atoms with Gasteiger partial charge >= 0.3 is 5.97 Å². The van der Waals surface area contributed by atoms with Gasteiger partial charge in [0, 0.05) is 18.2 Å². The maximum absolute atomic E-state index is 13.2. The van der Waals surface area contributed by atoms with E-state index in [9.17, 15) is 23.9 Å². The fraction of sp³-hybridized carbons (Fsp3) is 0.435. The molecule has 0 fully saturated rings. The summed E-state index contributed by atoms with van der Waals surface area (Å²) in [5, 5.41) is 13.0.